The predicted octanol–water partition coefficient (Wildman–Crippen LogP) is 4.81. The van der Waals surface area contributed by atoms with Gasteiger partial charge >= 0.3 is 0 Å². The molecule has 0 aromatic heterocycles. The fourth-order valence-electron chi connectivity index (χ4n) is 2.08. The van der Waals surface area contributed by atoms with E-state index in [4.69, 9.17) is 0 Å². The first-order valence-corrected chi connectivity index (χ1v) is 8.00. The first-order valence-electron chi connectivity index (χ1n) is 6.78. The Kier molecular flexibility index (Phi) is 5.24. The second-order valence-electron chi connectivity index (χ2n) is 4.58. The first-order chi connectivity index (χ1) is 9.74. The van der Waals surface area contributed by atoms with Crippen LogP contribution in [0.2, 0.25) is 0 Å². The highest BCUT2D eigenvalue weighted by molar-refractivity contribution is 7.98. The summed E-state index contributed by atoms with van der Waals surface area (Å²) in [6.45, 7) is 2.01. The van der Waals surface area contributed by atoms with E-state index in [0.717, 1.165) is 12.1 Å². The number of rotatable bonds is 5. The highest BCUT2D eigenvalue weighted by atomic mass is 32.2. The van der Waals surface area contributed by atoms with E-state index in [-0.39, 0.29) is 5.91 Å². The molecule has 0 radical (unpaired) electrons. The summed E-state index contributed by atoms with van der Waals surface area (Å²) in [6.07, 6.45) is 3.48. The van der Waals surface area contributed by atoms with Gasteiger partial charge in [0.25, 0.3) is 0 Å². The van der Waals surface area contributed by atoms with Gasteiger partial charge in [-0.3, -0.25) is 4.79 Å². The zero-order valence-corrected chi connectivity index (χ0v) is 12.7. The van der Waals surface area contributed by atoms with E-state index in [1.807, 2.05) is 37.3 Å². The third kappa shape index (κ3) is 3.64. The summed E-state index contributed by atoms with van der Waals surface area (Å²) in [6, 6.07) is 16.4. The van der Waals surface area contributed by atoms with E-state index in [9.17, 15) is 4.79 Å². The van der Waals surface area contributed by atoms with Crippen LogP contribution in [-0.2, 0) is 4.79 Å². The average Bonchev–Trinajstić information content (AvgIpc) is 2.48. The van der Waals surface area contributed by atoms with Crippen molar-refractivity contribution in [1.82, 2.24) is 0 Å². The first kappa shape index (κ1) is 14.7. The van der Waals surface area contributed by atoms with Crippen LogP contribution in [0, 0.1) is 0 Å². The fraction of sp³-hybridized carbons (Fsp3) is 0.235. The molecule has 0 fully saturated rings. The minimum absolute atomic E-state index is 0.0759. The van der Waals surface area contributed by atoms with Crippen LogP contribution < -0.4 is 5.32 Å². The Morgan fingerprint density at radius 1 is 1.15 bits per heavy atom. The van der Waals surface area contributed by atoms with Crippen molar-refractivity contribution >= 4 is 23.4 Å². The molecular weight excluding hydrogens is 266 g/mol. The van der Waals surface area contributed by atoms with Crippen molar-refractivity contribution in [1.29, 1.82) is 0 Å². The van der Waals surface area contributed by atoms with Crippen molar-refractivity contribution in [3.05, 3.63) is 48.5 Å². The molecule has 0 aliphatic heterocycles. The molecule has 0 saturated heterocycles. The van der Waals surface area contributed by atoms with Crippen LogP contribution in [0.1, 0.15) is 19.8 Å². The molecule has 3 heteroatoms. The zero-order valence-electron chi connectivity index (χ0n) is 11.8. The molecule has 104 valence electrons. The van der Waals surface area contributed by atoms with Gasteiger partial charge in [-0.25, -0.2) is 0 Å². The Labute approximate surface area is 124 Å². The van der Waals surface area contributed by atoms with E-state index in [1.54, 1.807) is 11.8 Å². The molecule has 2 nitrogen and oxygen atoms in total. The molecule has 2 aromatic carbocycles. The van der Waals surface area contributed by atoms with E-state index < -0.39 is 0 Å². The molecule has 0 aliphatic rings. The predicted molar refractivity (Wildman–Crippen MR) is 87.2 cm³/mol. The summed E-state index contributed by atoms with van der Waals surface area (Å²) in [7, 11) is 0. The van der Waals surface area contributed by atoms with Gasteiger partial charge in [-0.2, -0.15) is 0 Å². The number of hydrogen-bond donors (Lipinski definition) is 1. The molecule has 0 heterocycles. The van der Waals surface area contributed by atoms with Gasteiger partial charge in [0.05, 0.1) is 0 Å². The lowest BCUT2D eigenvalue weighted by Gasteiger charge is -2.11. The summed E-state index contributed by atoms with van der Waals surface area (Å²) in [5.41, 5.74) is 3.27. The summed E-state index contributed by atoms with van der Waals surface area (Å²) in [5.74, 6) is 0.0759. The maximum Gasteiger partial charge on any atom is 0.224 e. The van der Waals surface area contributed by atoms with Crippen molar-refractivity contribution in [3.8, 4) is 11.1 Å². The standard InChI is InChI=1S/C17H19NOS/c1-3-7-17(19)18-14-10-11-15(16(12-14)20-2)13-8-5-4-6-9-13/h4-6,8-12H,3,7H2,1-2H3,(H,18,19). The average molecular weight is 285 g/mol. The number of amides is 1. The van der Waals surface area contributed by atoms with E-state index in [2.05, 4.69) is 29.8 Å². The van der Waals surface area contributed by atoms with Crippen molar-refractivity contribution in [2.75, 3.05) is 11.6 Å². The second-order valence-corrected chi connectivity index (χ2v) is 5.43. The third-order valence-electron chi connectivity index (χ3n) is 3.05. The molecule has 20 heavy (non-hydrogen) atoms. The molecule has 0 aliphatic carbocycles. The number of thioether (sulfide) groups is 1. The molecule has 1 amide bonds. The van der Waals surface area contributed by atoms with E-state index >= 15 is 0 Å². The number of carbonyl (C=O) groups is 1. The monoisotopic (exact) mass is 285 g/mol. The lowest BCUT2D eigenvalue weighted by Crippen LogP contribution is -2.10. The maximum atomic E-state index is 11.6. The van der Waals surface area contributed by atoms with Gasteiger partial charge in [-0.1, -0.05) is 43.3 Å². The summed E-state index contributed by atoms with van der Waals surface area (Å²) >= 11 is 1.69. The number of benzene rings is 2. The van der Waals surface area contributed by atoms with E-state index in [0.29, 0.717) is 6.42 Å². The van der Waals surface area contributed by atoms with Gasteiger partial charge in [-0.15, -0.1) is 11.8 Å². The van der Waals surface area contributed by atoms with Gasteiger partial charge in [0.2, 0.25) is 5.91 Å². The highest BCUT2D eigenvalue weighted by Crippen LogP contribution is 2.32. The Morgan fingerprint density at radius 3 is 2.55 bits per heavy atom. The SMILES string of the molecule is CCCC(=O)Nc1ccc(-c2ccccc2)c(SC)c1. The number of carbonyl (C=O) groups excluding carboxylic acids is 1. The number of nitrogens with one attached hydrogen (secondary N) is 1. The minimum atomic E-state index is 0.0759. The molecule has 1 N–H and O–H groups in total. The van der Waals surface area contributed by atoms with Crippen LogP contribution in [0.25, 0.3) is 11.1 Å². The highest BCUT2D eigenvalue weighted by Gasteiger charge is 2.07. The number of hydrogen-bond acceptors (Lipinski definition) is 2. The quantitative estimate of drug-likeness (QED) is 0.798. The molecule has 0 unspecified atom stereocenters. The normalized spacial score (nSPS) is 10.3. The van der Waals surface area contributed by atoms with Crippen molar-refractivity contribution in [3.63, 3.8) is 0 Å². The fourth-order valence-corrected chi connectivity index (χ4v) is 2.73. The minimum Gasteiger partial charge on any atom is -0.326 e. The van der Waals surface area contributed by atoms with Crippen LogP contribution >= 0.6 is 11.8 Å². The smallest absolute Gasteiger partial charge is 0.224 e. The lowest BCUT2D eigenvalue weighted by molar-refractivity contribution is -0.116. The topological polar surface area (TPSA) is 29.1 Å². The van der Waals surface area contributed by atoms with Crippen LogP contribution in [0.3, 0.4) is 0 Å². The Hall–Kier alpha value is -1.74. The van der Waals surface area contributed by atoms with Crippen molar-refractivity contribution < 1.29 is 4.79 Å². The van der Waals surface area contributed by atoms with Crippen LogP contribution in [-0.4, -0.2) is 12.2 Å². The van der Waals surface area contributed by atoms with Gasteiger partial charge in [0.15, 0.2) is 0 Å². The maximum absolute atomic E-state index is 11.6. The van der Waals surface area contributed by atoms with Crippen LogP contribution in [0.4, 0.5) is 5.69 Å². The molecule has 0 spiro atoms. The lowest BCUT2D eigenvalue weighted by atomic mass is 10.1. The summed E-state index contributed by atoms with van der Waals surface area (Å²) < 4.78 is 0. The molecular formula is C17H19NOS. The van der Waals surface area contributed by atoms with Gasteiger partial charge in [0.1, 0.15) is 0 Å². The summed E-state index contributed by atoms with van der Waals surface area (Å²) in [5, 5.41) is 2.94. The van der Waals surface area contributed by atoms with Gasteiger partial charge in [-0.05, 0) is 35.9 Å². The van der Waals surface area contributed by atoms with Crippen LogP contribution in [0.5, 0.6) is 0 Å². The molecule has 0 bridgehead atoms. The Bertz CT molecular complexity index is 581. The molecule has 0 saturated carbocycles. The van der Waals surface area contributed by atoms with Crippen molar-refractivity contribution in [2.24, 2.45) is 0 Å². The second kappa shape index (κ2) is 7.15. The van der Waals surface area contributed by atoms with E-state index in [1.165, 1.54) is 16.0 Å². The Morgan fingerprint density at radius 2 is 1.90 bits per heavy atom. The van der Waals surface area contributed by atoms with Gasteiger partial charge < -0.3 is 5.32 Å². The number of anilines is 1. The third-order valence-corrected chi connectivity index (χ3v) is 3.82. The van der Waals surface area contributed by atoms with Crippen molar-refractivity contribution in [2.45, 2.75) is 24.7 Å². The van der Waals surface area contributed by atoms with Gasteiger partial charge in [0, 0.05) is 17.0 Å². The van der Waals surface area contributed by atoms with Crippen LogP contribution in [0.15, 0.2) is 53.4 Å². The molecule has 0 atom stereocenters. The molecule has 2 aromatic rings. The summed E-state index contributed by atoms with van der Waals surface area (Å²) in [4.78, 5) is 12.8. The largest absolute Gasteiger partial charge is 0.326 e. The molecule has 2 rings (SSSR count). The Balaban J connectivity index is 2.27. The zero-order chi connectivity index (χ0) is 14.4.